The van der Waals surface area contributed by atoms with Crippen LogP contribution in [0.5, 0.6) is 0 Å². The molecule has 4 aliphatic carbocycles. The number of nitrogens with one attached hydrogen (secondary N) is 1. The summed E-state index contributed by atoms with van der Waals surface area (Å²) in [5, 5.41) is 3.07. The topological polar surface area (TPSA) is 42.0 Å². The zero-order valence-electron chi connectivity index (χ0n) is 12.6. The van der Waals surface area contributed by atoms with Gasteiger partial charge < -0.3 is 5.32 Å². The van der Waals surface area contributed by atoms with Crippen molar-refractivity contribution in [1.29, 1.82) is 0 Å². The SMILES string of the molecule is O=C(NCCC12CC3CC(CC(C3)C1)C2)c1ccccn1. The molecule has 0 aromatic carbocycles. The van der Waals surface area contributed by atoms with Crippen LogP contribution in [0.1, 0.15) is 55.4 Å². The van der Waals surface area contributed by atoms with E-state index in [1.54, 1.807) is 12.3 Å². The molecule has 0 atom stereocenters. The van der Waals surface area contributed by atoms with Crippen LogP contribution in [-0.2, 0) is 0 Å². The molecular formula is C18H24N2O. The van der Waals surface area contributed by atoms with Crippen LogP contribution in [0.25, 0.3) is 0 Å². The first-order chi connectivity index (χ1) is 10.2. The monoisotopic (exact) mass is 284 g/mol. The highest BCUT2D eigenvalue weighted by atomic mass is 16.1. The van der Waals surface area contributed by atoms with E-state index in [9.17, 15) is 4.79 Å². The number of carbonyl (C=O) groups excluding carboxylic acids is 1. The number of rotatable bonds is 4. The van der Waals surface area contributed by atoms with Crippen LogP contribution >= 0.6 is 0 Å². The van der Waals surface area contributed by atoms with E-state index in [1.807, 2.05) is 12.1 Å². The number of hydrogen-bond acceptors (Lipinski definition) is 2. The Kier molecular flexibility index (Phi) is 3.24. The Balaban J connectivity index is 1.34. The summed E-state index contributed by atoms with van der Waals surface area (Å²) in [6.07, 6.45) is 11.5. The van der Waals surface area contributed by atoms with Crippen LogP contribution in [0.4, 0.5) is 0 Å². The van der Waals surface area contributed by atoms with Gasteiger partial charge in [0.05, 0.1) is 0 Å². The number of pyridine rings is 1. The first kappa shape index (κ1) is 13.3. The van der Waals surface area contributed by atoms with Crippen molar-refractivity contribution in [3.63, 3.8) is 0 Å². The lowest BCUT2D eigenvalue weighted by Crippen LogP contribution is -2.47. The minimum absolute atomic E-state index is 0.0275. The lowest BCUT2D eigenvalue weighted by Gasteiger charge is -2.57. The fourth-order valence-electron chi connectivity index (χ4n) is 5.63. The lowest BCUT2D eigenvalue weighted by atomic mass is 9.49. The van der Waals surface area contributed by atoms with E-state index < -0.39 is 0 Å². The molecule has 0 saturated heterocycles. The summed E-state index contributed by atoms with van der Waals surface area (Å²) >= 11 is 0. The zero-order chi connectivity index (χ0) is 14.3. The molecule has 0 radical (unpaired) electrons. The van der Waals surface area contributed by atoms with Crippen molar-refractivity contribution >= 4 is 5.91 Å². The van der Waals surface area contributed by atoms with Gasteiger partial charge in [-0.1, -0.05) is 6.07 Å². The molecule has 4 saturated carbocycles. The third-order valence-corrected chi connectivity index (χ3v) is 6.00. The van der Waals surface area contributed by atoms with Gasteiger partial charge in [0.25, 0.3) is 5.91 Å². The molecule has 3 nitrogen and oxygen atoms in total. The summed E-state index contributed by atoms with van der Waals surface area (Å²) in [6, 6.07) is 5.48. The highest BCUT2D eigenvalue weighted by Crippen LogP contribution is 2.61. The molecule has 0 spiro atoms. The maximum Gasteiger partial charge on any atom is 0.269 e. The fourth-order valence-corrected chi connectivity index (χ4v) is 5.63. The Morgan fingerprint density at radius 1 is 1.14 bits per heavy atom. The predicted octanol–water partition coefficient (Wildman–Crippen LogP) is 3.42. The molecule has 1 amide bonds. The van der Waals surface area contributed by atoms with Crippen molar-refractivity contribution < 1.29 is 4.79 Å². The number of amides is 1. The van der Waals surface area contributed by atoms with Crippen molar-refractivity contribution in [2.45, 2.75) is 44.9 Å². The van der Waals surface area contributed by atoms with Crippen LogP contribution in [0.15, 0.2) is 24.4 Å². The van der Waals surface area contributed by atoms with Gasteiger partial charge in [-0.25, -0.2) is 0 Å². The highest BCUT2D eigenvalue weighted by Gasteiger charge is 2.50. The highest BCUT2D eigenvalue weighted by molar-refractivity contribution is 5.92. The predicted molar refractivity (Wildman–Crippen MR) is 81.8 cm³/mol. The molecule has 5 rings (SSSR count). The molecule has 3 heteroatoms. The summed E-state index contributed by atoms with van der Waals surface area (Å²) in [5.41, 5.74) is 1.08. The Labute approximate surface area is 126 Å². The summed E-state index contributed by atoms with van der Waals surface area (Å²) in [6.45, 7) is 0.807. The minimum Gasteiger partial charge on any atom is -0.351 e. The standard InChI is InChI=1S/C18H24N2O/c21-17(16-3-1-2-5-19-16)20-6-4-18-10-13-7-14(11-18)9-15(8-13)12-18/h1-3,5,13-15H,4,6-12H2,(H,20,21). The smallest absolute Gasteiger partial charge is 0.269 e. The third kappa shape index (κ3) is 2.58. The Bertz CT molecular complexity index is 490. The molecule has 1 heterocycles. The lowest BCUT2D eigenvalue weighted by molar-refractivity contribution is -0.0564. The van der Waals surface area contributed by atoms with Gasteiger partial charge in [-0.15, -0.1) is 0 Å². The Morgan fingerprint density at radius 2 is 1.81 bits per heavy atom. The van der Waals surface area contributed by atoms with E-state index in [-0.39, 0.29) is 5.91 Å². The van der Waals surface area contributed by atoms with Gasteiger partial charge in [-0.05, 0) is 80.2 Å². The summed E-state index contributed by atoms with van der Waals surface area (Å²) < 4.78 is 0. The van der Waals surface area contributed by atoms with Crippen molar-refractivity contribution in [3.05, 3.63) is 30.1 Å². The maximum absolute atomic E-state index is 12.1. The first-order valence-corrected chi connectivity index (χ1v) is 8.42. The first-order valence-electron chi connectivity index (χ1n) is 8.42. The van der Waals surface area contributed by atoms with Crippen LogP contribution in [0.3, 0.4) is 0 Å². The summed E-state index contributed by atoms with van der Waals surface area (Å²) in [5.74, 6) is 2.94. The molecule has 4 aliphatic rings. The van der Waals surface area contributed by atoms with Crippen molar-refractivity contribution in [3.8, 4) is 0 Å². The molecule has 4 bridgehead atoms. The van der Waals surface area contributed by atoms with Gasteiger partial charge in [-0.2, -0.15) is 0 Å². The van der Waals surface area contributed by atoms with E-state index in [1.165, 1.54) is 38.5 Å². The van der Waals surface area contributed by atoms with Crippen LogP contribution in [0, 0.1) is 23.2 Å². The molecule has 1 aromatic heterocycles. The summed E-state index contributed by atoms with van der Waals surface area (Å²) in [7, 11) is 0. The van der Waals surface area contributed by atoms with E-state index >= 15 is 0 Å². The van der Waals surface area contributed by atoms with Crippen LogP contribution < -0.4 is 5.32 Å². The molecule has 1 aromatic rings. The van der Waals surface area contributed by atoms with Crippen LogP contribution in [0.2, 0.25) is 0 Å². The molecule has 0 aliphatic heterocycles. The molecule has 4 fully saturated rings. The second kappa shape index (κ2) is 5.11. The van der Waals surface area contributed by atoms with Crippen molar-refractivity contribution in [1.82, 2.24) is 10.3 Å². The molecular weight excluding hydrogens is 260 g/mol. The van der Waals surface area contributed by atoms with Crippen molar-refractivity contribution in [2.24, 2.45) is 23.2 Å². The molecule has 1 N–H and O–H groups in total. The normalized spacial score (nSPS) is 36.7. The number of carbonyl (C=O) groups is 1. The molecule has 21 heavy (non-hydrogen) atoms. The van der Waals surface area contributed by atoms with Gasteiger partial charge in [0, 0.05) is 12.7 Å². The Morgan fingerprint density at radius 3 is 2.38 bits per heavy atom. The number of aromatic nitrogens is 1. The summed E-state index contributed by atoms with van der Waals surface area (Å²) in [4.78, 5) is 16.2. The van der Waals surface area contributed by atoms with E-state index in [0.717, 1.165) is 30.7 Å². The zero-order valence-corrected chi connectivity index (χ0v) is 12.6. The third-order valence-electron chi connectivity index (χ3n) is 6.00. The van der Waals surface area contributed by atoms with E-state index in [0.29, 0.717) is 11.1 Å². The van der Waals surface area contributed by atoms with Gasteiger partial charge in [0.2, 0.25) is 0 Å². The van der Waals surface area contributed by atoms with Gasteiger partial charge >= 0.3 is 0 Å². The van der Waals surface area contributed by atoms with Gasteiger partial charge in [0.1, 0.15) is 5.69 Å². The van der Waals surface area contributed by atoms with Gasteiger partial charge in [-0.3, -0.25) is 9.78 Å². The Hall–Kier alpha value is -1.38. The molecule has 0 unspecified atom stereocenters. The average molecular weight is 284 g/mol. The second-order valence-electron chi connectivity index (χ2n) is 7.64. The number of hydrogen-bond donors (Lipinski definition) is 1. The van der Waals surface area contributed by atoms with E-state index in [2.05, 4.69) is 10.3 Å². The number of nitrogens with zero attached hydrogens (tertiary/aromatic N) is 1. The second-order valence-corrected chi connectivity index (χ2v) is 7.64. The molecule has 112 valence electrons. The van der Waals surface area contributed by atoms with E-state index in [4.69, 9.17) is 0 Å². The average Bonchev–Trinajstić information content (AvgIpc) is 2.46. The van der Waals surface area contributed by atoms with Gasteiger partial charge in [0.15, 0.2) is 0 Å². The van der Waals surface area contributed by atoms with Crippen LogP contribution in [-0.4, -0.2) is 17.4 Å². The van der Waals surface area contributed by atoms with Crippen molar-refractivity contribution in [2.75, 3.05) is 6.54 Å². The maximum atomic E-state index is 12.1. The quantitative estimate of drug-likeness (QED) is 0.920. The largest absolute Gasteiger partial charge is 0.351 e. The fraction of sp³-hybridized carbons (Fsp3) is 0.667. The minimum atomic E-state index is -0.0275.